The molecule has 3 rings (SSSR count). The molecule has 2 aromatic carbocycles. The van der Waals surface area contributed by atoms with Crippen molar-refractivity contribution in [1.82, 2.24) is 10.2 Å². The van der Waals surface area contributed by atoms with Crippen LogP contribution in [-0.2, 0) is 4.79 Å². The van der Waals surface area contributed by atoms with Crippen molar-refractivity contribution in [1.29, 1.82) is 0 Å². The molecular weight excluding hydrogens is 414 g/mol. The second kappa shape index (κ2) is 11.1. The number of carbonyl (C=O) groups is 2. The second-order valence-electron chi connectivity index (χ2n) is 7.52. The lowest BCUT2D eigenvalue weighted by Gasteiger charge is -2.20. The number of methoxy groups -OCH3 is 1. The fraction of sp³-hybridized carbons (Fsp3) is 0.391. The maximum Gasteiger partial charge on any atom is 0.270 e. The Labute approximate surface area is 186 Å². The van der Waals surface area contributed by atoms with Gasteiger partial charge in [-0.2, -0.15) is 0 Å². The first-order valence-corrected chi connectivity index (χ1v) is 10.6. The number of hydrogen-bond donors (Lipinski definition) is 1. The highest BCUT2D eigenvalue weighted by Crippen LogP contribution is 2.29. The summed E-state index contributed by atoms with van der Waals surface area (Å²) < 4.78 is 10.9. The van der Waals surface area contributed by atoms with E-state index in [0.29, 0.717) is 11.5 Å². The van der Waals surface area contributed by atoms with Gasteiger partial charge in [-0.15, -0.1) is 0 Å². The number of carbonyl (C=O) groups excluding carboxylic acids is 2. The number of likely N-dealkylation sites (tertiary alicyclic amines) is 1. The van der Waals surface area contributed by atoms with Gasteiger partial charge in [-0.25, -0.2) is 0 Å². The quantitative estimate of drug-likeness (QED) is 0.491. The summed E-state index contributed by atoms with van der Waals surface area (Å²) in [4.78, 5) is 37.7. The Hall–Kier alpha value is -3.62. The van der Waals surface area contributed by atoms with Crippen LogP contribution in [0.3, 0.4) is 0 Å². The molecule has 0 unspecified atom stereocenters. The third-order valence-corrected chi connectivity index (χ3v) is 5.29. The first-order valence-electron chi connectivity index (χ1n) is 10.6. The predicted octanol–water partition coefficient (Wildman–Crippen LogP) is 3.92. The smallest absolute Gasteiger partial charge is 0.270 e. The van der Waals surface area contributed by atoms with E-state index in [4.69, 9.17) is 9.47 Å². The van der Waals surface area contributed by atoms with Gasteiger partial charge in [0.05, 0.1) is 17.6 Å². The van der Waals surface area contributed by atoms with Gasteiger partial charge < -0.3 is 19.7 Å². The van der Waals surface area contributed by atoms with Gasteiger partial charge in [0.25, 0.3) is 11.6 Å². The molecule has 0 aliphatic carbocycles. The van der Waals surface area contributed by atoms with E-state index in [1.165, 1.54) is 18.2 Å². The van der Waals surface area contributed by atoms with Crippen LogP contribution in [0.25, 0.3) is 0 Å². The van der Waals surface area contributed by atoms with E-state index in [1.807, 2.05) is 4.90 Å². The number of rotatable bonds is 8. The maximum absolute atomic E-state index is 12.8. The fourth-order valence-corrected chi connectivity index (χ4v) is 3.53. The van der Waals surface area contributed by atoms with Crippen molar-refractivity contribution in [2.75, 3.05) is 26.7 Å². The van der Waals surface area contributed by atoms with Crippen molar-refractivity contribution in [2.24, 2.45) is 0 Å². The number of nitro benzene ring substituents is 1. The predicted molar refractivity (Wildman–Crippen MR) is 118 cm³/mol. The average Bonchev–Trinajstić information content (AvgIpc) is 3.09. The Kier molecular flexibility index (Phi) is 8.02. The average molecular weight is 441 g/mol. The Morgan fingerprint density at radius 2 is 1.69 bits per heavy atom. The summed E-state index contributed by atoms with van der Waals surface area (Å²) in [6.07, 6.45) is 4.43. The molecule has 0 bridgehead atoms. The topological polar surface area (TPSA) is 111 Å². The van der Waals surface area contributed by atoms with Crippen LogP contribution in [0.15, 0.2) is 42.5 Å². The monoisotopic (exact) mass is 441 g/mol. The van der Waals surface area contributed by atoms with E-state index in [9.17, 15) is 19.7 Å². The molecule has 2 aromatic rings. The van der Waals surface area contributed by atoms with E-state index in [2.05, 4.69) is 5.32 Å². The lowest BCUT2D eigenvalue weighted by molar-refractivity contribution is -0.384. The Bertz CT molecular complexity index is 953. The number of hydrogen-bond acceptors (Lipinski definition) is 6. The van der Waals surface area contributed by atoms with Crippen molar-refractivity contribution in [2.45, 2.75) is 32.1 Å². The van der Waals surface area contributed by atoms with Gasteiger partial charge in [-0.1, -0.05) is 12.8 Å². The van der Waals surface area contributed by atoms with Crippen LogP contribution in [0.1, 0.15) is 42.5 Å². The third kappa shape index (κ3) is 6.19. The van der Waals surface area contributed by atoms with Gasteiger partial charge in [0.2, 0.25) is 5.91 Å². The van der Waals surface area contributed by atoms with Crippen LogP contribution < -0.4 is 14.8 Å². The molecule has 32 heavy (non-hydrogen) atoms. The van der Waals surface area contributed by atoms with E-state index in [0.717, 1.165) is 38.8 Å². The standard InChI is InChI=1S/C23H27N3O6/c1-31-18-7-9-19(10-8-18)32-21-11-6-17(26(29)30)16-20(21)23(28)24-13-12-22(27)25-14-4-2-3-5-15-25/h6-11,16H,2-5,12-15H2,1H3,(H,24,28). The zero-order valence-corrected chi connectivity index (χ0v) is 18.0. The van der Waals surface area contributed by atoms with Gasteiger partial charge >= 0.3 is 0 Å². The molecule has 0 radical (unpaired) electrons. The number of ether oxygens (including phenoxy) is 2. The van der Waals surface area contributed by atoms with Crippen molar-refractivity contribution in [3.05, 3.63) is 58.1 Å². The normalized spacial score (nSPS) is 13.7. The third-order valence-electron chi connectivity index (χ3n) is 5.29. The Balaban J connectivity index is 1.67. The van der Waals surface area contributed by atoms with Crippen LogP contribution in [0.4, 0.5) is 5.69 Å². The van der Waals surface area contributed by atoms with E-state index < -0.39 is 10.8 Å². The van der Waals surface area contributed by atoms with Crippen LogP contribution in [0.2, 0.25) is 0 Å². The Morgan fingerprint density at radius 1 is 1.03 bits per heavy atom. The van der Waals surface area contributed by atoms with E-state index in [-0.39, 0.29) is 35.9 Å². The summed E-state index contributed by atoms with van der Waals surface area (Å²) in [5.41, 5.74) is -0.199. The SMILES string of the molecule is COc1ccc(Oc2ccc([N+](=O)[O-])cc2C(=O)NCCC(=O)N2CCCCCC2)cc1. The number of nitro groups is 1. The zero-order valence-electron chi connectivity index (χ0n) is 18.0. The van der Waals surface area contributed by atoms with Crippen molar-refractivity contribution < 1.29 is 24.0 Å². The summed E-state index contributed by atoms with van der Waals surface area (Å²) >= 11 is 0. The number of amides is 2. The van der Waals surface area contributed by atoms with Gasteiger partial charge in [-0.05, 0) is 43.2 Å². The highest BCUT2D eigenvalue weighted by molar-refractivity contribution is 5.98. The molecule has 9 heteroatoms. The molecule has 1 heterocycles. The molecule has 0 saturated carbocycles. The molecule has 0 atom stereocenters. The maximum atomic E-state index is 12.8. The fourth-order valence-electron chi connectivity index (χ4n) is 3.53. The molecule has 1 fully saturated rings. The second-order valence-corrected chi connectivity index (χ2v) is 7.52. The number of non-ortho nitro benzene ring substituents is 1. The van der Waals surface area contributed by atoms with E-state index in [1.54, 1.807) is 31.4 Å². The minimum atomic E-state index is -0.573. The van der Waals surface area contributed by atoms with Gasteiger partial charge in [-0.3, -0.25) is 19.7 Å². The zero-order chi connectivity index (χ0) is 22.9. The molecule has 1 aliphatic heterocycles. The summed E-state index contributed by atoms with van der Waals surface area (Å²) in [6, 6.07) is 10.6. The van der Waals surface area contributed by atoms with Crippen LogP contribution >= 0.6 is 0 Å². The first kappa shape index (κ1) is 23.1. The van der Waals surface area contributed by atoms with Crippen molar-refractivity contribution in [3.63, 3.8) is 0 Å². The van der Waals surface area contributed by atoms with E-state index >= 15 is 0 Å². The summed E-state index contributed by atoms with van der Waals surface area (Å²) in [5, 5.41) is 13.9. The van der Waals surface area contributed by atoms with Gasteiger partial charge in [0.15, 0.2) is 0 Å². The van der Waals surface area contributed by atoms with Gasteiger partial charge in [0.1, 0.15) is 17.2 Å². The van der Waals surface area contributed by atoms with Crippen molar-refractivity contribution in [3.8, 4) is 17.2 Å². The summed E-state index contributed by atoms with van der Waals surface area (Å²) in [5.74, 6) is 0.733. The van der Waals surface area contributed by atoms with Crippen LogP contribution in [0.5, 0.6) is 17.2 Å². The molecule has 0 aromatic heterocycles. The largest absolute Gasteiger partial charge is 0.497 e. The lowest BCUT2D eigenvalue weighted by Crippen LogP contribution is -2.35. The molecule has 170 valence electrons. The lowest BCUT2D eigenvalue weighted by atomic mass is 10.1. The molecule has 1 saturated heterocycles. The molecular formula is C23H27N3O6. The van der Waals surface area contributed by atoms with Crippen molar-refractivity contribution >= 4 is 17.5 Å². The highest BCUT2D eigenvalue weighted by atomic mass is 16.6. The summed E-state index contributed by atoms with van der Waals surface area (Å²) in [6.45, 7) is 1.63. The molecule has 1 N–H and O–H groups in total. The first-order chi connectivity index (χ1) is 15.5. The number of nitrogens with one attached hydrogen (secondary N) is 1. The van der Waals surface area contributed by atoms with Crippen LogP contribution in [0, 0.1) is 10.1 Å². The molecule has 9 nitrogen and oxygen atoms in total. The minimum Gasteiger partial charge on any atom is -0.497 e. The highest BCUT2D eigenvalue weighted by Gasteiger charge is 2.20. The van der Waals surface area contributed by atoms with Crippen LogP contribution in [-0.4, -0.2) is 48.4 Å². The molecule has 1 aliphatic rings. The minimum absolute atomic E-state index is 0.000878. The number of benzene rings is 2. The summed E-state index contributed by atoms with van der Waals surface area (Å²) in [7, 11) is 1.55. The number of nitrogens with zero attached hydrogens (tertiary/aromatic N) is 2. The van der Waals surface area contributed by atoms with Gasteiger partial charge in [0, 0.05) is 38.2 Å². The molecule has 2 amide bonds. The Morgan fingerprint density at radius 3 is 2.31 bits per heavy atom. The molecule has 0 spiro atoms.